The van der Waals surface area contributed by atoms with Gasteiger partial charge >= 0.3 is 0 Å². The molecule has 0 saturated carbocycles. The van der Waals surface area contributed by atoms with Crippen molar-refractivity contribution in [3.8, 4) is 0 Å². The summed E-state index contributed by atoms with van der Waals surface area (Å²) in [5.41, 5.74) is 0. The molecule has 0 fully saturated rings. The Morgan fingerprint density at radius 2 is 1.90 bits per heavy atom. The molecule has 0 radical (unpaired) electrons. The van der Waals surface area contributed by atoms with Crippen LogP contribution in [0.3, 0.4) is 0 Å². The topological polar surface area (TPSA) is 43.1 Å². The van der Waals surface area contributed by atoms with Gasteiger partial charge in [0, 0.05) is 19.4 Å². The molecule has 0 aliphatic carbocycles. The van der Waals surface area contributed by atoms with E-state index in [0.717, 1.165) is 12.5 Å². The van der Waals surface area contributed by atoms with Gasteiger partial charge in [0.05, 0.1) is 0 Å². The lowest BCUT2D eigenvalue weighted by molar-refractivity contribution is -0.479. The normalized spacial score (nSPS) is 11.5. The van der Waals surface area contributed by atoms with Gasteiger partial charge in [0.25, 0.3) is 0 Å². The standard InChI is InChI=1S/C6H15NO2Si/c1-10(2,3)6-4-5-7(8)9/h4-6H2,1-3H3. The van der Waals surface area contributed by atoms with E-state index < -0.39 is 8.07 Å². The van der Waals surface area contributed by atoms with E-state index in [1.165, 1.54) is 0 Å². The van der Waals surface area contributed by atoms with Gasteiger partial charge in [-0.2, -0.15) is 0 Å². The zero-order chi connectivity index (χ0) is 8.20. The lowest BCUT2D eigenvalue weighted by Crippen LogP contribution is -2.20. The summed E-state index contributed by atoms with van der Waals surface area (Å²) in [7, 11) is -1.03. The molecule has 0 rings (SSSR count). The molecule has 0 spiro atoms. The average Bonchev–Trinajstić information content (AvgIpc) is 1.59. The highest BCUT2D eigenvalue weighted by Crippen LogP contribution is 2.10. The van der Waals surface area contributed by atoms with E-state index in [4.69, 9.17) is 0 Å². The highest BCUT2D eigenvalue weighted by Gasteiger charge is 2.13. The van der Waals surface area contributed by atoms with Gasteiger partial charge in [-0.05, 0) is 0 Å². The number of rotatable bonds is 4. The molecule has 0 aromatic heterocycles. The van der Waals surface area contributed by atoms with E-state index in [2.05, 4.69) is 19.6 Å². The lowest BCUT2D eigenvalue weighted by Gasteiger charge is -2.12. The van der Waals surface area contributed by atoms with Gasteiger partial charge in [0.2, 0.25) is 6.54 Å². The Kier molecular flexibility index (Phi) is 3.56. The molecule has 0 unspecified atom stereocenters. The van der Waals surface area contributed by atoms with Gasteiger partial charge in [0.15, 0.2) is 0 Å². The van der Waals surface area contributed by atoms with Crippen LogP contribution in [0.2, 0.25) is 25.7 Å². The second-order valence-electron chi connectivity index (χ2n) is 3.72. The van der Waals surface area contributed by atoms with E-state index in [9.17, 15) is 10.1 Å². The van der Waals surface area contributed by atoms with E-state index in [-0.39, 0.29) is 11.5 Å². The fourth-order valence-corrected chi connectivity index (χ4v) is 1.96. The summed E-state index contributed by atoms with van der Waals surface area (Å²) in [6, 6.07) is 1.06. The van der Waals surface area contributed by atoms with Crippen LogP contribution in [0, 0.1) is 10.1 Å². The van der Waals surface area contributed by atoms with Crippen LogP contribution in [0.4, 0.5) is 0 Å². The van der Waals surface area contributed by atoms with Crippen LogP contribution in [-0.2, 0) is 0 Å². The quantitative estimate of drug-likeness (QED) is 0.359. The van der Waals surface area contributed by atoms with Gasteiger partial charge in [-0.1, -0.05) is 25.7 Å². The highest BCUT2D eigenvalue weighted by atomic mass is 28.3. The molecule has 0 bridgehead atoms. The van der Waals surface area contributed by atoms with Crippen LogP contribution in [0.1, 0.15) is 6.42 Å². The SMILES string of the molecule is C[Si](C)(C)CCC[N+](=O)[O-]. The maximum absolute atomic E-state index is 9.91. The van der Waals surface area contributed by atoms with E-state index in [1.54, 1.807) is 0 Å². The number of hydrogen-bond donors (Lipinski definition) is 0. The molecule has 0 N–H and O–H groups in total. The zero-order valence-corrected chi connectivity index (χ0v) is 7.89. The molecule has 0 aromatic rings. The summed E-state index contributed by atoms with van der Waals surface area (Å²) in [4.78, 5) is 9.67. The Balaban J connectivity index is 3.29. The Bertz CT molecular complexity index is 119. The summed E-state index contributed by atoms with van der Waals surface area (Å²) in [5, 5.41) is 9.91. The molecule has 0 aromatic carbocycles. The van der Waals surface area contributed by atoms with Crippen molar-refractivity contribution in [3.05, 3.63) is 10.1 Å². The molecular formula is C6H15NO2Si. The molecule has 0 aliphatic rings. The number of hydrogen-bond acceptors (Lipinski definition) is 2. The van der Waals surface area contributed by atoms with Gasteiger partial charge in [0.1, 0.15) is 0 Å². The average molecular weight is 161 g/mol. The predicted molar refractivity (Wildman–Crippen MR) is 44.6 cm³/mol. The van der Waals surface area contributed by atoms with Gasteiger partial charge in [-0.3, -0.25) is 10.1 Å². The maximum atomic E-state index is 9.91. The first-order valence-electron chi connectivity index (χ1n) is 3.53. The zero-order valence-electron chi connectivity index (χ0n) is 6.89. The minimum atomic E-state index is -1.03. The summed E-state index contributed by atoms with van der Waals surface area (Å²) in [5.74, 6) is 0. The second kappa shape index (κ2) is 3.70. The first kappa shape index (κ1) is 9.62. The molecule has 0 amide bonds. The van der Waals surface area contributed by atoms with Crippen molar-refractivity contribution in [2.45, 2.75) is 32.1 Å². The molecule has 0 heterocycles. The second-order valence-corrected chi connectivity index (χ2v) is 9.34. The lowest BCUT2D eigenvalue weighted by atomic mass is 10.5. The maximum Gasteiger partial charge on any atom is 0.203 e. The van der Waals surface area contributed by atoms with Gasteiger partial charge in [-0.25, -0.2) is 0 Å². The Hall–Kier alpha value is -0.383. The molecule has 0 atom stereocenters. The summed E-state index contributed by atoms with van der Waals surface area (Å²) >= 11 is 0. The van der Waals surface area contributed by atoms with Crippen LogP contribution >= 0.6 is 0 Å². The molecule has 4 heteroatoms. The molecule has 0 saturated heterocycles. The van der Waals surface area contributed by atoms with Crippen LogP contribution in [0.25, 0.3) is 0 Å². The predicted octanol–water partition coefficient (Wildman–Crippen LogP) is 1.99. The monoisotopic (exact) mass is 161 g/mol. The summed E-state index contributed by atoms with van der Waals surface area (Å²) in [6.07, 6.45) is 0.753. The third-order valence-corrected chi connectivity index (χ3v) is 3.12. The minimum absolute atomic E-state index is 0.143. The van der Waals surface area contributed by atoms with Gasteiger partial charge in [-0.15, -0.1) is 0 Å². The summed E-state index contributed by atoms with van der Waals surface area (Å²) < 4.78 is 0. The Labute approximate surface area is 62.6 Å². The van der Waals surface area contributed by atoms with Crippen molar-refractivity contribution in [1.82, 2.24) is 0 Å². The van der Waals surface area contributed by atoms with Crippen LogP contribution in [0.5, 0.6) is 0 Å². The van der Waals surface area contributed by atoms with Crippen molar-refractivity contribution in [2.75, 3.05) is 6.54 Å². The fraction of sp³-hybridized carbons (Fsp3) is 1.00. The number of nitro groups is 1. The first-order chi connectivity index (χ1) is 4.42. The summed E-state index contributed by atoms with van der Waals surface area (Å²) in [6.45, 7) is 6.83. The van der Waals surface area contributed by atoms with E-state index in [1.807, 2.05) is 0 Å². The molecule has 10 heavy (non-hydrogen) atoms. The first-order valence-corrected chi connectivity index (χ1v) is 7.24. The molecule has 3 nitrogen and oxygen atoms in total. The Morgan fingerprint density at radius 3 is 2.20 bits per heavy atom. The van der Waals surface area contributed by atoms with Crippen molar-refractivity contribution in [1.29, 1.82) is 0 Å². The fourth-order valence-electron chi connectivity index (χ4n) is 0.738. The van der Waals surface area contributed by atoms with Crippen LogP contribution in [-0.4, -0.2) is 19.5 Å². The van der Waals surface area contributed by atoms with E-state index in [0.29, 0.717) is 0 Å². The molecule has 0 aliphatic heterocycles. The minimum Gasteiger partial charge on any atom is -0.265 e. The largest absolute Gasteiger partial charge is 0.265 e. The smallest absolute Gasteiger partial charge is 0.203 e. The third kappa shape index (κ3) is 7.62. The van der Waals surface area contributed by atoms with Gasteiger partial charge < -0.3 is 0 Å². The molecule has 60 valence electrons. The highest BCUT2D eigenvalue weighted by molar-refractivity contribution is 6.76. The van der Waals surface area contributed by atoms with Crippen molar-refractivity contribution < 1.29 is 4.92 Å². The van der Waals surface area contributed by atoms with Crippen molar-refractivity contribution >= 4 is 8.07 Å². The van der Waals surface area contributed by atoms with Crippen LogP contribution in [0.15, 0.2) is 0 Å². The van der Waals surface area contributed by atoms with Crippen molar-refractivity contribution in [3.63, 3.8) is 0 Å². The Morgan fingerprint density at radius 1 is 1.40 bits per heavy atom. The van der Waals surface area contributed by atoms with E-state index >= 15 is 0 Å². The van der Waals surface area contributed by atoms with Crippen molar-refractivity contribution in [2.24, 2.45) is 0 Å². The van der Waals surface area contributed by atoms with Crippen LogP contribution < -0.4 is 0 Å². The molecular weight excluding hydrogens is 146 g/mol. The number of nitrogens with zero attached hydrogens (tertiary/aromatic N) is 1. The third-order valence-electron chi connectivity index (χ3n) is 1.27.